The highest BCUT2D eigenvalue weighted by Crippen LogP contribution is 2.40. The molecule has 1 aromatic carbocycles. The largest absolute Gasteiger partial charge is 0.461 e. The minimum atomic E-state index is 0.182. The van der Waals surface area contributed by atoms with Crippen LogP contribution in [0, 0.1) is 13.8 Å². The van der Waals surface area contributed by atoms with Crippen LogP contribution < -0.4 is 5.73 Å². The van der Waals surface area contributed by atoms with E-state index >= 15 is 0 Å². The second kappa shape index (κ2) is 4.68. The third kappa shape index (κ3) is 1.99. The fourth-order valence-corrected chi connectivity index (χ4v) is 3.52. The molecule has 0 aliphatic heterocycles. The smallest absolute Gasteiger partial charge is 0.134 e. The van der Waals surface area contributed by atoms with Crippen LogP contribution in [0.1, 0.15) is 49.0 Å². The number of fused-ring (bicyclic) bond motifs is 1. The van der Waals surface area contributed by atoms with Crippen LogP contribution >= 0.6 is 0 Å². The Morgan fingerprint density at radius 1 is 1.16 bits per heavy atom. The van der Waals surface area contributed by atoms with Gasteiger partial charge in [-0.15, -0.1) is 0 Å². The Hall–Kier alpha value is -1.28. The summed E-state index contributed by atoms with van der Waals surface area (Å²) in [5, 5.41) is 1.24. The summed E-state index contributed by atoms with van der Waals surface area (Å²) in [4.78, 5) is 0. The maximum absolute atomic E-state index is 6.12. The van der Waals surface area contributed by atoms with E-state index in [-0.39, 0.29) is 5.41 Å². The molecule has 2 aromatic rings. The van der Waals surface area contributed by atoms with Gasteiger partial charge in [-0.25, -0.2) is 0 Å². The number of furan rings is 1. The van der Waals surface area contributed by atoms with Crippen molar-refractivity contribution >= 4 is 11.0 Å². The van der Waals surface area contributed by atoms with Gasteiger partial charge in [-0.1, -0.05) is 31.4 Å². The van der Waals surface area contributed by atoms with Gasteiger partial charge in [0.1, 0.15) is 11.3 Å². The molecule has 3 rings (SSSR count). The Balaban J connectivity index is 2.09. The molecule has 1 fully saturated rings. The number of benzene rings is 1. The molecule has 1 aliphatic rings. The molecule has 1 saturated carbocycles. The maximum atomic E-state index is 6.12. The second-order valence-corrected chi connectivity index (χ2v) is 6.04. The van der Waals surface area contributed by atoms with E-state index in [0.717, 1.165) is 17.9 Å². The molecule has 0 spiro atoms. The van der Waals surface area contributed by atoms with E-state index in [1.165, 1.54) is 48.6 Å². The number of nitrogens with two attached hydrogens (primary N) is 1. The summed E-state index contributed by atoms with van der Waals surface area (Å²) in [5.74, 6) is 1.03. The van der Waals surface area contributed by atoms with Crippen molar-refractivity contribution < 1.29 is 4.42 Å². The molecule has 2 nitrogen and oxygen atoms in total. The molecule has 102 valence electrons. The fourth-order valence-electron chi connectivity index (χ4n) is 3.52. The van der Waals surface area contributed by atoms with Crippen molar-refractivity contribution in [2.45, 2.75) is 51.4 Å². The number of hydrogen-bond acceptors (Lipinski definition) is 2. The van der Waals surface area contributed by atoms with E-state index in [1.807, 2.05) is 6.92 Å². The molecule has 1 aliphatic carbocycles. The van der Waals surface area contributed by atoms with Crippen LogP contribution in [0.3, 0.4) is 0 Å². The predicted octanol–water partition coefficient (Wildman–Crippen LogP) is 4.21. The van der Waals surface area contributed by atoms with Crippen LogP contribution in [0.15, 0.2) is 22.6 Å². The highest BCUT2D eigenvalue weighted by Gasteiger charge is 2.32. The molecule has 0 atom stereocenters. The van der Waals surface area contributed by atoms with Crippen molar-refractivity contribution in [1.82, 2.24) is 0 Å². The number of aryl methyl sites for hydroxylation is 2. The third-order valence-corrected chi connectivity index (χ3v) is 4.99. The summed E-state index contributed by atoms with van der Waals surface area (Å²) in [6.45, 7) is 4.91. The van der Waals surface area contributed by atoms with Crippen LogP contribution in [0.2, 0.25) is 0 Å². The van der Waals surface area contributed by atoms with E-state index < -0.39 is 0 Å². The van der Waals surface area contributed by atoms with E-state index in [9.17, 15) is 0 Å². The summed E-state index contributed by atoms with van der Waals surface area (Å²) in [7, 11) is 0. The minimum absolute atomic E-state index is 0.182. The second-order valence-electron chi connectivity index (χ2n) is 6.04. The first kappa shape index (κ1) is 12.7. The van der Waals surface area contributed by atoms with Gasteiger partial charge < -0.3 is 10.2 Å². The quantitative estimate of drug-likeness (QED) is 0.875. The van der Waals surface area contributed by atoms with Gasteiger partial charge in [0.05, 0.1) is 0 Å². The van der Waals surface area contributed by atoms with Gasteiger partial charge in [-0.3, -0.25) is 0 Å². The van der Waals surface area contributed by atoms with Crippen molar-refractivity contribution in [2.24, 2.45) is 5.73 Å². The predicted molar refractivity (Wildman–Crippen MR) is 79.5 cm³/mol. The molecule has 1 heterocycles. The molecule has 2 N–H and O–H groups in total. The fraction of sp³-hybridized carbons (Fsp3) is 0.529. The zero-order chi connectivity index (χ0) is 13.5. The Morgan fingerprint density at radius 2 is 1.89 bits per heavy atom. The van der Waals surface area contributed by atoms with Gasteiger partial charge in [0.2, 0.25) is 0 Å². The van der Waals surface area contributed by atoms with Crippen LogP contribution in [0.5, 0.6) is 0 Å². The summed E-state index contributed by atoms with van der Waals surface area (Å²) < 4.78 is 5.88. The summed E-state index contributed by atoms with van der Waals surface area (Å²) in [5.41, 5.74) is 9.95. The SMILES string of the molecule is Cc1oc2cc(C3(CN)CCCCC3)ccc2c1C. The van der Waals surface area contributed by atoms with Crippen LogP contribution in [-0.4, -0.2) is 6.54 Å². The van der Waals surface area contributed by atoms with E-state index in [4.69, 9.17) is 10.2 Å². The average molecular weight is 257 g/mol. The molecule has 0 saturated heterocycles. The standard InChI is InChI=1S/C17H23NO/c1-12-13(2)19-16-10-14(6-7-15(12)16)17(11-18)8-4-3-5-9-17/h6-7,10H,3-5,8-9,11,18H2,1-2H3. The molecule has 19 heavy (non-hydrogen) atoms. The topological polar surface area (TPSA) is 39.2 Å². The molecule has 0 unspecified atom stereocenters. The number of rotatable bonds is 2. The molecule has 0 bridgehead atoms. The summed E-state index contributed by atoms with van der Waals surface area (Å²) >= 11 is 0. The Labute approximate surface area is 115 Å². The first-order valence-corrected chi connectivity index (χ1v) is 7.37. The van der Waals surface area contributed by atoms with Gasteiger partial charge in [0.25, 0.3) is 0 Å². The lowest BCUT2D eigenvalue weighted by Gasteiger charge is -2.36. The molecule has 2 heteroatoms. The van der Waals surface area contributed by atoms with Crippen molar-refractivity contribution in [3.05, 3.63) is 35.1 Å². The Kier molecular flexibility index (Phi) is 3.14. The van der Waals surface area contributed by atoms with Crippen molar-refractivity contribution in [1.29, 1.82) is 0 Å². The summed E-state index contributed by atoms with van der Waals surface area (Å²) in [6.07, 6.45) is 6.38. The minimum Gasteiger partial charge on any atom is -0.461 e. The van der Waals surface area contributed by atoms with E-state index in [0.29, 0.717) is 0 Å². The normalized spacial score (nSPS) is 18.9. The lowest BCUT2D eigenvalue weighted by Crippen LogP contribution is -2.37. The van der Waals surface area contributed by atoms with Crippen LogP contribution in [0.4, 0.5) is 0 Å². The lowest BCUT2D eigenvalue weighted by atomic mass is 9.69. The summed E-state index contributed by atoms with van der Waals surface area (Å²) in [6, 6.07) is 6.71. The van der Waals surface area contributed by atoms with Gasteiger partial charge in [-0.05, 0) is 43.9 Å². The highest BCUT2D eigenvalue weighted by molar-refractivity contribution is 5.82. The van der Waals surface area contributed by atoms with Gasteiger partial charge in [0.15, 0.2) is 0 Å². The molecular formula is C17H23NO. The Morgan fingerprint density at radius 3 is 2.58 bits per heavy atom. The molecule has 0 amide bonds. The molecule has 0 radical (unpaired) electrons. The van der Waals surface area contributed by atoms with E-state index in [1.54, 1.807) is 0 Å². The monoisotopic (exact) mass is 257 g/mol. The average Bonchev–Trinajstić information content (AvgIpc) is 2.74. The van der Waals surface area contributed by atoms with E-state index in [2.05, 4.69) is 25.1 Å². The number of hydrogen-bond donors (Lipinski definition) is 1. The first-order valence-electron chi connectivity index (χ1n) is 7.37. The van der Waals surface area contributed by atoms with Gasteiger partial charge in [-0.2, -0.15) is 0 Å². The van der Waals surface area contributed by atoms with Crippen molar-refractivity contribution in [3.63, 3.8) is 0 Å². The highest BCUT2D eigenvalue weighted by atomic mass is 16.3. The lowest BCUT2D eigenvalue weighted by molar-refractivity contribution is 0.301. The zero-order valence-corrected chi connectivity index (χ0v) is 12.0. The Bertz CT molecular complexity index is 591. The van der Waals surface area contributed by atoms with Gasteiger partial charge in [0, 0.05) is 17.3 Å². The van der Waals surface area contributed by atoms with Gasteiger partial charge >= 0.3 is 0 Å². The molecule has 1 aromatic heterocycles. The molecular weight excluding hydrogens is 234 g/mol. The van der Waals surface area contributed by atoms with Crippen LogP contribution in [-0.2, 0) is 5.41 Å². The van der Waals surface area contributed by atoms with Crippen LogP contribution in [0.25, 0.3) is 11.0 Å². The third-order valence-electron chi connectivity index (χ3n) is 4.99. The van der Waals surface area contributed by atoms with Crippen molar-refractivity contribution in [3.8, 4) is 0 Å². The van der Waals surface area contributed by atoms with Crippen molar-refractivity contribution in [2.75, 3.05) is 6.54 Å². The maximum Gasteiger partial charge on any atom is 0.134 e. The first-order chi connectivity index (χ1) is 9.16. The zero-order valence-electron chi connectivity index (χ0n) is 12.0.